The minimum atomic E-state index is -0.397. The molecule has 0 aliphatic carbocycles. The number of imidazole rings is 1. The SMILES string of the molecule is Cc1ccc2ncc(C(=O)N3CCOCC3c3nnc(C(C)C)o3)n2c1. The second kappa shape index (κ2) is 6.53. The molecule has 136 valence electrons. The number of fused-ring (bicyclic) bond motifs is 1. The van der Waals surface area contributed by atoms with Gasteiger partial charge in [-0.3, -0.25) is 9.20 Å². The molecule has 1 unspecified atom stereocenters. The highest BCUT2D eigenvalue weighted by Gasteiger charge is 2.34. The third-order valence-corrected chi connectivity index (χ3v) is 4.50. The number of carbonyl (C=O) groups excluding carboxylic acids is 1. The van der Waals surface area contributed by atoms with E-state index in [1.807, 2.05) is 43.5 Å². The maximum absolute atomic E-state index is 13.2. The van der Waals surface area contributed by atoms with Crippen LogP contribution in [-0.2, 0) is 4.74 Å². The molecule has 0 radical (unpaired) electrons. The molecule has 3 aromatic rings. The highest BCUT2D eigenvalue weighted by molar-refractivity contribution is 5.93. The van der Waals surface area contributed by atoms with E-state index in [4.69, 9.17) is 9.15 Å². The van der Waals surface area contributed by atoms with Crippen molar-refractivity contribution in [3.63, 3.8) is 0 Å². The van der Waals surface area contributed by atoms with Crippen molar-refractivity contribution in [1.82, 2.24) is 24.5 Å². The smallest absolute Gasteiger partial charge is 0.273 e. The van der Waals surface area contributed by atoms with Gasteiger partial charge in [0.1, 0.15) is 17.4 Å². The van der Waals surface area contributed by atoms with Crippen LogP contribution in [0, 0.1) is 6.92 Å². The molecule has 4 heterocycles. The molecule has 8 heteroatoms. The summed E-state index contributed by atoms with van der Waals surface area (Å²) in [5, 5.41) is 8.22. The Hall–Kier alpha value is -2.74. The summed E-state index contributed by atoms with van der Waals surface area (Å²) in [6.07, 6.45) is 3.52. The third-order valence-electron chi connectivity index (χ3n) is 4.50. The molecule has 1 aliphatic rings. The van der Waals surface area contributed by atoms with Crippen molar-refractivity contribution in [3.8, 4) is 0 Å². The molecule has 0 spiro atoms. The van der Waals surface area contributed by atoms with Gasteiger partial charge in [-0.15, -0.1) is 10.2 Å². The topological polar surface area (TPSA) is 85.8 Å². The van der Waals surface area contributed by atoms with Crippen LogP contribution in [0.15, 0.2) is 28.9 Å². The van der Waals surface area contributed by atoms with E-state index in [-0.39, 0.29) is 11.8 Å². The predicted octanol–water partition coefficient (Wildman–Crippen LogP) is 2.36. The molecule has 1 atom stereocenters. The molecule has 1 amide bonds. The van der Waals surface area contributed by atoms with Gasteiger partial charge in [-0.25, -0.2) is 4.98 Å². The first-order valence-electron chi connectivity index (χ1n) is 8.70. The van der Waals surface area contributed by atoms with Crippen molar-refractivity contribution in [2.24, 2.45) is 0 Å². The summed E-state index contributed by atoms with van der Waals surface area (Å²) < 4.78 is 13.2. The zero-order chi connectivity index (χ0) is 18.3. The second-order valence-electron chi connectivity index (χ2n) is 6.80. The molecule has 0 saturated carbocycles. The van der Waals surface area contributed by atoms with E-state index < -0.39 is 6.04 Å². The van der Waals surface area contributed by atoms with Crippen LogP contribution < -0.4 is 0 Å². The first-order valence-corrected chi connectivity index (χ1v) is 8.70. The zero-order valence-corrected chi connectivity index (χ0v) is 15.0. The van der Waals surface area contributed by atoms with Crippen LogP contribution in [0.4, 0.5) is 0 Å². The third kappa shape index (κ3) is 2.86. The first kappa shape index (κ1) is 16.7. The van der Waals surface area contributed by atoms with Crippen LogP contribution in [0.3, 0.4) is 0 Å². The van der Waals surface area contributed by atoms with Crippen LogP contribution in [0.25, 0.3) is 5.65 Å². The predicted molar refractivity (Wildman–Crippen MR) is 92.9 cm³/mol. The monoisotopic (exact) mass is 355 g/mol. The minimum Gasteiger partial charge on any atom is -0.423 e. The van der Waals surface area contributed by atoms with Crippen LogP contribution in [0.5, 0.6) is 0 Å². The lowest BCUT2D eigenvalue weighted by atomic mass is 10.2. The Labute approximate surface area is 150 Å². The Morgan fingerprint density at radius 1 is 1.31 bits per heavy atom. The molecule has 3 aromatic heterocycles. The van der Waals surface area contributed by atoms with Gasteiger partial charge in [0.15, 0.2) is 0 Å². The molecule has 0 bridgehead atoms. The number of aryl methyl sites for hydroxylation is 1. The van der Waals surface area contributed by atoms with Crippen LogP contribution in [-0.4, -0.2) is 50.1 Å². The van der Waals surface area contributed by atoms with Crippen molar-refractivity contribution < 1.29 is 13.9 Å². The maximum atomic E-state index is 13.2. The van der Waals surface area contributed by atoms with E-state index in [1.165, 1.54) is 0 Å². The standard InChI is InChI=1S/C18H21N5O3/c1-11(2)16-20-21-17(26-16)14-10-25-7-6-22(14)18(24)13-8-19-15-5-4-12(3)9-23(13)15/h4-5,8-9,11,14H,6-7,10H2,1-3H3. The van der Waals surface area contributed by atoms with Gasteiger partial charge in [-0.1, -0.05) is 19.9 Å². The van der Waals surface area contributed by atoms with Gasteiger partial charge in [-0.05, 0) is 18.6 Å². The summed E-state index contributed by atoms with van der Waals surface area (Å²) in [6.45, 7) is 7.22. The fourth-order valence-electron chi connectivity index (χ4n) is 3.06. The van der Waals surface area contributed by atoms with Gasteiger partial charge < -0.3 is 14.1 Å². The van der Waals surface area contributed by atoms with Crippen LogP contribution in [0.1, 0.15) is 53.6 Å². The van der Waals surface area contributed by atoms with Crippen molar-refractivity contribution in [2.45, 2.75) is 32.7 Å². The van der Waals surface area contributed by atoms with E-state index in [2.05, 4.69) is 15.2 Å². The summed E-state index contributed by atoms with van der Waals surface area (Å²) in [7, 11) is 0. The largest absolute Gasteiger partial charge is 0.423 e. The molecule has 0 aromatic carbocycles. The Morgan fingerprint density at radius 2 is 2.15 bits per heavy atom. The summed E-state index contributed by atoms with van der Waals surface area (Å²) in [4.78, 5) is 19.3. The molecule has 1 fully saturated rings. The van der Waals surface area contributed by atoms with Crippen LogP contribution >= 0.6 is 0 Å². The second-order valence-corrected chi connectivity index (χ2v) is 6.80. The van der Waals surface area contributed by atoms with Gasteiger partial charge in [0, 0.05) is 18.7 Å². The molecular formula is C18H21N5O3. The molecule has 0 N–H and O–H groups in total. The Balaban J connectivity index is 1.68. The molecular weight excluding hydrogens is 334 g/mol. The minimum absolute atomic E-state index is 0.124. The first-order chi connectivity index (χ1) is 12.5. The van der Waals surface area contributed by atoms with E-state index >= 15 is 0 Å². The highest BCUT2D eigenvalue weighted by Crippen LogP contribution is 2.27. The summed E-state index contributed by atoms with van der Waals surface area (Å²) in [6, 6.07) is 3.47. The number of morpholine rings is 1. The van der Waals surface area contributed by atoms with E-state index in [1.54, 1.807) is 11.1 Å². The quantitative estimate of drug-likeness (QED) is 0.717. The molecule has 1 saturated heterocycles. The zero-order valence-electron chi connectivity index (χ0n) is 15.0. The average Bonchev–Trinajstić information content (AvgIpc) is 3.28. The van der Waals surface area contributed by atoms with Gasteiger partial charge in [0.25, 0.3) is 5.91 Å². The molecule has 4 rings (SSSR count). The normalized spacial score (nSPS) is 18.0. The fourth-order valence-corrected chi connectivity index (χ4v) is 3.06. The summed E-state index contributed by atoms with van der Waals surface area (Å²) in [5.41, 5.74) is 2.31. The van der Waals surface area contributed by atoms with Crippen LogP contribution in [0.2, 0.25) is 0 Å². The summed E-state index contributed by atoms with van der Waals surface area (Å²) in [5.74, 6) is 0.975. The molecule has 8 nitrogen and oxygen atoms in total. The Morgan fingerprint density at radius 3 is 2.92 bits per heavy atom. The lowest BCUT2D eigenvalue weighted by molar-refractivity contribution is -0.0111. The molecule has 1 aliphatic heterocycles. The van der Waals surface area contributed by atoms with Gasteiger partial charge >= 0.3 is 0 Å². The number of rotatable bonds is 3. The Kier molecular flexibility index (Phi) is 4.20. The van der Waals surface area contributed by atoms with Crippen molar-refractivity contribution in [1.29, 1.82) is 0 Å². The van der Waals surface area contributed by atoms with E-state index in [0.29, 0.717) is 37.2 Å². The van der Waals surface area contributed by atoms with Crippen molar-refractivity contribution in [3.05, 3.63) is 47.6 Å². The Bertz CT molecular complexity index is 945. The number of ether oxygens (including phenoxy) is 1. The number of aromatic nitrogens is 4. The number of carbonyl (C=O) groups is 1. The fraction of sp³-hybridized carbons (Fsp3) is 0.444. The number of hydrogen-bond acceptors (Lipinski definition) is 6. The molecule has 26 heavy (non-hydrogen) atoms. The van der Waals surface area contributed by atoms with E-state index in [9.17, 15) is 4.79 Å². The number of hydrogen-bond donors (Lipinski definition) is 0. The lowest BCUT2D eigenvalue weighted by Crippen LogP contribution is -2.44. The van der Waals surface area contributed by atoms with Crippen molar-refractivity contribution >= 4 is 11.6 Å². The number of nitrogens with zero attached hydrogens (tertiary/aromatic N) is 5. The summed E-state index contributed by atoms with van der Waals surface area (Å²) >= 11 is 0. The van der Waals surface area contributed by atoms with Gasteiger partial charge in [0.05, 0.1) is 19.4 Å². The highest BCUT2D eigenvalue weighted by atomic mass is 16.5. The van der Waals surface area contributed by atoms with Crippen molar-refractivity contribution in [2.75, 3.05) is 19.8 Å². The number of amides is 1. The number of pyridine rings is 1. The van der Waals surface area contributed by atoms with E-state index in [0.717, 1.165) is 11.2 Å². The van der Waals surface area contributed by atoms with Gasteiger partial charge in [-0.2, -0.15) is 0 Å². The maximum Gasteiger partial charge on any atom is 0.273 e. The van der Waals surface area contributed by atoms with Gasteiger partial charge in [0.2, 0.25) is 11.8 Å². The lowest BCUT2D eigenvalue weighted by Gasteiger charge is -2.33. The average molecular weight is 355 g/mol.